The number of anilines is 2. The molecular formula is C20H20N4O2. The Balaban J connectivity index is 2.07. The summed E-state index contributed by atoms with van der Waals surface area (Å²) < 4.78 is 5.71. The molecule has 1 aliphatic heterocycles. The molecule has 0 fully saturated rings. The van der Waals surface area contributed by atoms with E-state index in [4.69, 9.17) is 10.5 Å². The third kappa shape index (κ3) is 3.20. The molecule has 1 unspecified atom stereocenters. The summed E-state index contributed by atoms with van der Waals surface area (Å²) >= 11 is 0. The molecular weight excluding hydrogens is 328 g/mol. The molecule has 1 atom stereocenters. The molecule has 1 amide bonds. The lowest BCUT2D eigenvalue weighted by molar-refractivity contribution is -0.114. The molecule has 6 nitrogen and oxygen atoms in total. The van der Waals surface area contributed by atoms with Gasteiger partial charge in [0.15, 0.2) is 0 Å². The van der Waals surface area contributed by atoms with E-state index >= 15 is 0 Å². The average molecular weight is 348 g/mol. The quantitative estimate of drug-likeness (QED) is 0.890. The standard InChI is InChI=1S/C20H20N4O2/c1-12(25)23-14-6-4-13(5-7-14)19-16-9-8-15(24(2)3)10-18(16)26-20(22)17(19)11-21/h4-10,19H,22H2,1-3H3,(H,23,25). The highest BCUT2D eigenvalue weighted by molar-refractivity contribution is 5.88. The van der Waals surface area contributed by atoms with Gasteiger partial charge in [0.1, 0.15) is 17.4 Å². The molecule has 132 valence electrons. The molecule has 1 aliphatic rings. The van der Waals surface area contributed by atoms with Crippen LogP contribution >= 0.6 is 0 Å². The first-order valence-corrected chi connectivity index (χ1v) is 8.17. The van der Waals surface area contributed by atoms with Gasteiger partial charge in [0.05, 0.1) is 5.92 Å². The summed E-state index contributed by atoms with van der Waals surface area (Å²) in [6.07, 6.45) is 0. The van der Waals surface area contributed by atoms with Crippen LogP contribution < -0.4 is 20.7 Å². The molecule has 0 aromatic heterocycles. The third-order valence-electron chi connectivity index (χ3n) is 4.28. The number of nitriles is 1. The van der Waals surface area contributed by atoms with Gasteiger partial charge in [-0.3, -0.25) is 4.79 Å². The lowest BCUT2D eigenvalue weighted by atomic mass is 9.83. The fourth-order valence-electron chi connectivity index (χ4n) is 3.03. The van der Waals surface area contributed by atoms with E-state index in [2.05, 4.69) is 11.4 Å². The van der Waals surface area contributed by atoms with Gasteiger partial charge in [0, 0.05) is 44.0 Å². The van der Waals surface area contributed by atoms with Gasteiger partial charge < -0.3 is 20.7 Å². The zero-order chi connectivity index (χ0) is 18.8. The number of hydrogen-bond donors (Lipinski definition) is 2. The molecule has 6 heteroatoms. The second-order valence-electron chi connectivity index (χ2n) is 6.34. The van der Waals surface area contributed by atoms with Crippen LogP contribution in [-0.2, 0) is 4.79 Å². The molecule has 26 heavy (non-hydrogen) atoms. The highest BCUT2D eigenvalue weighted by Gasteiger charge is 2.30. The summed E-state index contributed by atoms with van der Waals surface area (Å²) in [5, 5.41) is 12.3. The molecule has 3 rings (SSSR count). The summed E-state index contributed by atoms with van der Waals surface area (Å²) in [7, 11) is 3.89. The van der Waals surface area contributed by atoms with Crippen molar-refractivity contribution in [3.8, 4) is 11.8 Å². The smallest absolute Gasteiger partial charge is 0.221 e. The lowest BCUT2D eigenvalue weighted by Gasteiger charge is -2.27. The van der Waals surface area contributed by atoms with Crippen molar-refractivity contribution in [1.82, 2.24) is 0 Å². The Labute approximate surface area is 152 Å². The molecule has 0 saturated heterocycles. The zero-order valence-corrected chi connectivity index (χ0v) is 14.9. The summed E-state index contributed by atoms with van der Waals surface area (Å²) in [5.41, 5.74) is 9.87. The molecule has 2 aromatic rings. The third-order valence-corrected chi connectivity index (χ3v) is 4.28. The van der Waals surface area contributed by atoms with Gasteiger partial charge in [0.2, 0.25) is 11.8 Å². The van der Waals surface area contributed by atoms with Crippen LogP contribution in [0.1, 0.15) is 24.0 Å². The topological polar surface area (TPSA) is 91.4 Å². The number of nitrogens with zero attached hydrogens (tertiary/aromatic N) is 2. The number of fused-ring (bicyclic) bond motifs is 1. The summed E-state index contributed by atoms with van der Waals surface area (Å²) in [5.74, 6) is 0.314. The van der Waals surface area contributed by atoms with E-state index in [-0.39, 0.29) is 17.7 Å². The predicted molar refractivity (Wildman–Crippen MR) is 101 cm³/mol. The number of rotatable bonds is 3. The van der Waals surface area contributed by atoms with Crippen molar-refractivity contribution < 1.29 is 9.53 Å². The summed E-state index contributed by atoms with van der Waals surface area (Å²) in [4.78, 5) is 13.2. The Morgan fingerprint density at radius 3 is 2.50 bits per heavy atom. The number of allylic oxidation sites excluding steroid dienone is 1. The number of carbonyl (C=O) groups excluding carboxylic acids is 1. The molecule has 0 saturated carbocycles. The van der Waals surface area contributed by atoms with E-state index in [9.17, 15) is 10.1 Å². The predicted octanol–water partition coefficient (Wildman–Crippen LogP) is 2.93. The minimum Gasteiger partial charge on any atom is -0.440 e. The number of ether oxygens (including phenoxy) is 1. The maximum absolute atomic E-state index is 11.2. The molecule has 0 bridgehead atoms. The number of nitrogens with two attached hydrogens (primary N) is 1. The van der Waals surface area contributed by atoms with Crippen LogP contribution in [0.25, 0.3) is 0 Å². The van der Waals surface area contributed by atoms with Crippen LogP contribution in [-0.4, -0.2) is 20.0 Å². The molecule has 3 N–H and O–H groups in total. The summed E-state index contributed by atoms with van der Waals surface area (Å²) in [6.45, 7) is 1.46. The van der Waals surface area contributed by atoms with Crippen LogP contribution in [0.2, 0.25) is 0 Å². The Morgan fingerprint density at radius 1 is 1.23 bits per heavy atom. The molecule has 2 aromatic carbocycles. The minimum atomic E-state index is -0.314. The van der Waals surface area contributed by atoms with E-state index in [1.165, 1.54) is 6.92 Å². The number of nitrogens with one attached hydrogen (secondary N) is 1. The van der Waals surface area contributed by atoms with Gasteiger partial charge in [-0.1, -0.05) is 18.2 Å². The van der Waals surface area contributed by atoms with Gasteiger partial charge in [-0.2, -0.15) is 5.26 Å². The maximum atomic E-state index is 11.2. The second kappa shape index (κ2) is 6.81. The van der Waals surface area contributed by atoms with E-state index in [1.54, 1.807) is 0 Å². The zero-order valence-electron chi connectivity index (χ0n) is 14.9. The Bertz CT molecular complexity index is 924. The van der Waals surface area contributed by atoms with Crippen molar-refractivity contribution >= 4 is 17.3 Å². The molecule has 0 radical (unpaired) electrons. The van der Waals surface area contributed by atoms with E-state index in [0.717, 1.165) is 16.8 Å². The maximum Gasteiger partial charge on any atom is 0.221 e. The van der Waals surface area contributed by atoms with Crippen molar-refractivity contribution in [1.29, 1.82) is 5.26 Å². The Morgan fingerprint density at radius 2 is 1.92 bits per heavy atom. The number of carbonyl (C=O) groups is 1. The molecule has 1 heterocycles. The van der Waals surface area contributed by atoms with E-state index < -0.39 is 0 Å². The SMILES string of the molecule is CC(=O)Nc1ccc(C2C(C#N)=C(N)Oc3cc(N(C)C)ccc32)cc1. The van der Waals surface area contributed by atoms with Crippen LogP contribution in [0, 0.1) is 11.3 Å². The highest BCUT2D eigenvalue weighted by Crippen LogP contribution is 2.43. The van der Waals surface area contributed by atoms with Gasteiger partial charge in [-0.05, 0) is 23.8 Å². The minimum absolute atomic E-state index is 0.117. The Hall–Kier alpha value is -3.46. The average Bonchev–Trinajstić information content (AvgIpc) is 2.60. The Kier molecular flexibility index (Phi) is 4.55. The van der Waals surface area contributed by atoms with E-state index in [1.807, 2.05) is 61.5 Å². The lowest BCUT2D eigenvalue weighted by Crippen LogP contribution is -2.21. The van der Waals surface area contributed by atoms with Crippen LogP contribution in [0.4, 0.5) is 11.4 Å². The van der Waals surface area contributed by atoms with Crippen molar-refractivity contribution in [3.05, 3.63) is 65.0 Å². The van der Waals surface area contributed by atoms with Crippen molar-refractivity contribution in [3.63, 3.8) is 0 Å². The first-order chi connectivity index (χ1) is 12.4. The van der Waals surface area contributed by atoms with Gasteiger partial charge in [-0.25, -0.2) is 0 Å². The van der Waals surface area contributed by atoms with Crippen molar-refractivity contribution in [2.45, 2.75) is 12.8 Å². The summed E-state index contributed by atoms with van der Waals surface area (Å²) in [6, 6.07) is 15.4. The number of benzene rings is 2. The van der Waals surface area contributed by atoms with Crippen LogP contribution in [0.15, 0.2) is 53.9 Å². The monoisotopic (exact) mass is 348 g/mol. The van der Waals surface area contributed by atoms with Gasteiger partial charge >= 0.3 is 0 Å². The number of amides is 1. The number of hydrogen-bond acceptors (Lipinski definition) is 5. The van der Waals surface area contributed by atoms with Gasteiger partial charge in [-0.15, -0.1) is 0 Å². The van der Waals surface area contributed by atoms with Crippen molar-refractivity contribution in [2.24, 2.45) is 5.73 Å². The van der Waals surface area contributed by atoms with Crippen molar-refractivity contribution in [2.75, 3.05) is 24.3 Å². The fourth-order valence-corrected chi connectivity index (χ4v) is 3.03. The first-order valence-electron chi connectivity index (χ1n) is 8.17. The van der Waals surface area contributed by atoms with E-state index in [0.29, 0.717) is 17.0 Å². The highest BCUT2D eigenvalue weighted by atomic mass is 16.5. The molecule has 0 spiro atoms. The fraction of sp³-hybridized carbons (Fsp3) is 0.200. The van der Waals surface area contributed by atoms with Crippen LogP contribution in [0.3, 0.4) is 0 Å². The normalized spacial score (nSPS) is 15.5. The first kappa shape index (κ1) is 17.4. The van der Waals surface area contributed by atoms with Gasteiger partial charge in [0.25, 0.3) is 0 Å². The van der Waals surface area contributed by atoms with Crippen LogP contribution in [0.5, 0.6) is 5.75 Å². The molecule has 0 aliphatic carbocycles. The second-order valence-corrected chi connectivity index (χ2v) is 6.34. The largest absolute Gasteiger partial charge is 0.440 e.